The van der Waals surface area contributed by atoms with Crippen LogP contribution in [0.25, 0.3) is 0 Å². The van der Waals surface area contributed by atoms with Gasteiger partial charge < -0.3 is 9.47 Å². The first-order valence-electron chi connectivity index (χ1n) is 5.43. The molecule has 0 N–H and O–H groups in total. The van der Waals surface area contributed by atoms with E-state index < -0.39 is 12.1 Å². The van der Waals surface area contributed by atoms with Crippen molar-refractivity contribution < 1.29 is 22.6 Å². The van der Waals surface area contributed by atoms with Gasteiger partial charge >= 0.3 is 6.36 Å². The highest BCUT2D eigenvalue weighted by Crippen LogP contribution is 2.39. The van der Waals surface area contributed by atoms with Gasteiger partial charge in [-0.2, -0.15) is 0 Å². The van der Waals surface area contributed by atoms with Crippen LogP contribution < -0.4 is 9.47 Å². The molecule has 2 nitrogen and oxygen atoms in total. The first kappa shape index (κ1) is 16.3. The zero-order chi connectivity index (χ0) is 15.6. The summed E-state index contributed by atoms with van der Waals surface area (Å²) in [5, 5.41) is 0.554. The van der Waals surface area contributed by atoms with E-state index in [4.69, 9.17) is 27.9 Å². The molecule has 8 heteroatoms. The Balaban J connectivity index is 2.35. The van der Waals surface area contributed by atoms with Crippen LogP contribution in [0.3, 0.4) is 0 Å². The molecule has 2 aromatic rings. The second-order valence-corrected chi connectivity index (χ2v) is 5.57. The summed E-state index contributed by atoms with van der Waals surface area (Å²) in [5.74, 6) is -0.446. The molecular weight excluding hydrogens is 396 g/mol. The van der Waals surface area contributed by atoms with Crippen molar-refractivity contribution in [2.45, 2.75) is 6.36 Å². The second-order valence-electron chi connectivity index (χ2n) is 3.82. The van der Waals surface area contributed by atoms with Gasteiger partial charge in [-0.25, -0.2) is 0 Å². The Morgan fingerprint density at radius 2 is 1.57 bits per heavy atom. The summed E-state index contributed by atoms with van der Waals surface area (Å²) in [6.07, 6.45) is -4.83. The van der Waals surface area contributed by atoms with E-state index in [0.29, 0.717) is 9.50 Å². The first-order valence-corrected chi connectivity index (χ1v) is 6.98. The number of alkyl halides is 3. The maximum atomic E-state index is 12.4. The highest BCUT2D eigenvalue weighted by atomic mass is 79.9. The highest BCUT2D eigenvalue weighted by molar-refractivity contribution is 9.10. The smallest absolute Gasteiger partial charge is 0.452 e. The normalized spacial score (nSPS) is 11.3. The summed E-state index contributed by atoms with van der Waals surface area (Å²) < 4.78 is 46.9. The molecule has 0 bridgehead atoms. The topological polar surface area (TPSA) is 18.5 Å². The van der Waals surface area contributed by atoms with Gasteiger partial charge in [-0.3, -0.25) is 0 Å². The van der Waals surface area contributed by atoms with E-state index in [1.807, 2.05) is 0 Å². The van der Waals surface area contributed by atoms with E-state index in [2.05, 4.69) is 20.7 Å². The molecule has 0 radical (unpaired) electrons. The van der Waals surface area contributed by atoms with Crippen LogP contribution in [0.2, 0.25) is 10.0 Å². The third kappa shape index (κ3) is 4.69. The molecule has 0 heterocycles. The van der Waals surface area contributed by atoms with Crippen LogP contribution in [0.4, 0.5) is 13.2 Å². The molecule has 2 rings (SSSR count). The van der Waals surface area contributed by atoms with Crippen molar-refractivity contribution in [1.82, 2.24) is 0 Å². The molecule has 0 amide bonds. The highest BCUT2D eigenvalue weighted by Gasteiger charge is 2.32. The zero-order valence-corrected chi connectivity index (χ0v) is 13.1. The van der Waals surface area contributed by atoms with Gasteiger partial charge in [0.1, 0.15) is 5.75 Å². The van der Waals surface area contributed by atoms with E-state index in [-0.39, 0.29) is 16.5 Å². The molecule has 0 atom stereocenters. The molecule has 0 aliphatic rings. The van der Waals surface area contributed by atoms with Gasteiger partial charge in [0.2, 0.25) is 0 Å². The van der Waals surface area contributed by atoms with Gasteiger partial charge in [-0.05, 0) is 36.4 Å². The van der Waals surface area contributed by atoms with Gasteiger partial charge in [-0.1, -0.05) is 39.1 Å². The lowest BCUT2D eigenvalue weighted by molar-refractivity contribution is -0.275. The molecule has 112 valence electrons. The SMILES string of the molecule is FC(F)(F)Oc1cc(Br)ccc1Oc1ccc(Cl)cc1Cl. The molecule has 0 spiro atoms. The Bertz CT molecular complexity index is 662. The minimum absolute atomic E-state index is 0.125. The minimum Gasteiger partial charge on any atom is -0.452 e. The van der Waals surface area contributed by atoms with Crippen molar-refractivity contribution in [3.8, 4) is 17.2 Å². The molecule has 0 saturated heterocycles. The predicted molar refractivity (Wildman–Crippen MR) is 77.4 cm³/mol. The van der Waals surface area contributed by atoms with Gasteiger partial charge in [-0.15, -0.1) is 13.2 Å². The quantitative estimate of drug-likeness (QED) is 0.588. The van der Waals surface area contributed by atoms with Crippen LogP contribution in [-0.2, 0) is 0 Å². The summed E-state index contributed by atoms with van der Waals surface area (Å²) >= 11 is 14.7. The van der Waals surface area contributed by atoms with E-state index in [1.165, 1.54) is 30.3 Å². The van der Waals surface area contributed by atoms with Gasteiger partial charge in [0.25, 0.3) is 0 Å². The van der Waals surface area contributed by atoms with Crippen LogP contribution in [0, 0.1) is 0 Å². The molecule has 0 aliphatic carbocycles. The lowest BCUT2D eigenvalue weighted by Gasteiger charge is -2.15. The van der Waals surface area contributed by atoms with E-state index in [1.54, 1.807) is 0 Å². The summed E-state index contributed by atoms with van der Waals surface area (Å²) in [6, 6.07) is 8.36. The second kappa shape index (κ2) is 6.34. The Hall–Kier alpha value is -1.11. The van der Waals surface area contributed by atoms with Crippen LogP contribution in [0.1, 0.15) is 0 Å². The average Bonchev–Trinajstić information content (AvgIpc) is 2.33. The molecule has 0 saturated carbocycles. The molecular formula is C13H6BrCl2F3O2. The third-order valence-corrected chi connectivity index (χ3v) is 3.27. The van der Waals surface area contributed by atoms with E-state index >= 15 is 0 Å². The number of hydrogen-bond donors (Lipinski definition) is 0. The molecule has 0 unspecified atom stereocenters. The van der Waals surface area contributed by atoms with Crippen LogP contribution >= 0.6 is 39.1 Å². The molecule has 0 aliphatic heterocycles. The maximum Gasteiger partial charge on any atom is 0.573 e. The van der Waals surface area contributed by atoms with Crippen molar-refractivity contribution in [3.63, 3.8) is 0 Å². The summed E-state index contributed by atoms with van der Waals surface area (Å²) in [4.78, 5) is 0. The monoisotopic (exact) mass is 400 g/mol. The van der Waals surface area contributed by atoms with Crippen LogP contribution in [-0.4, -0.2) is 6.36 Å². The lowest BCUT2D eigenvalue weighted by Crippen LogP contribution is -2.17. The zero-order valence-electron chi connectivity index (χ0n) is 10.0. The van der Waals surface area contributed by atoms with Crippen molar-refractivity contribution in [2.24, 2.45) is 0 Å². The molecule has 0 fully saturated rings. The standard InChI is InChI=1S/C13H6BrCl2F3O2/c14-7-1-3-11(12(5-7)21-13(17,18)19)20-10-4-2-8(15)6-9(10)16/h1-6H. The van der Waals surface area contributed by atoms with Crippen molar-refractivity contribution in [2.75, 3.05) is 0 Å². The Morgan fingerprint density at radius 3 is 2.19 bits per heavy atom. The molecule has 2 aromatic carbocycles. The van der Waals surface area contributed by atoms with Crippen molar-refractivity contribution in [3.05, 3.63) is 50.9 Å². The summed E-state index contributed by atoms with van der Waals surface area (Å²) in [7, 11) is 0. The fourth-order valence-corrected chi connectivity index (χ4v) is 2.23. The number of ether oxygens (including phenoxy) is 2. The summed E-state index contributed by atoms with van der Waals surface area (Å²) in [6.45, 7) is 0. The first-order chi connectivity index (χ1) is 9.74. The molecule has 0 aromatic heterocycles. The maximum absolute atomic E-state index is 12.4. The van der Waals surface area contributed by atoms with E-state index in [0.717, 1.165) is 6.07 Å². The summed E-state index contributed by atoms with van der Waals surface area (Å²) in [5.41, 5.74) is 0. The Kier molecular flexibility index (Phi) is 4.91. The fourth-order valence-electron chi connectivity index (χ4n) is 1.45. The van der Waals surface area contributed by atoms with E-state index in [9.17, 15) is 13.2 Å². The Labute approximate surface area is 136 Å². The van der Waals surface area contributed by atoms with Crippen LogP contribution in [0.5, 0.6) is 17.2 Å². The Morgan fingerprint density at radius 1 is 0.905 bits per heavy atom. The van der Waals surface area contributed by atoms with Gasteiger partial charge in [0.05, 0.1) is 5.02 Å². The lowest BCUT2D eigenvalue weighted by atomic mass is 10.3. The average molecular weight is 402 g/mol. The minimum atomic E-state index is -4.83. The number of hydrogen-bond acceptors (Lipinski definition) is 2. The fraction of sp³-hybridized carbons (Fsp3) is 0.0769. The third-order valence-electron chi connectivity index (χ3n) is 2.25. The van der Waals surface area contributed by atoms with Gasteiger partial charge in [0, 0.05) is 9.50 Å². The largest absolute Gasteiger partial charge is 0.573 e. The number of benzene rings is 2. The van der Waals surface area contributed by atoms with Gasteiger partial charge in [0.15, 0.2) is 11.5 Å². The molecule has 21 heavy (non-hydrogen) atoms. The van der Waals surface area contributed by atoms with Crippen LogP contribution in [0.15, 0.2) is 40.9 Å². The predicted octanol–water partition coefficient (Wildman–Crippen LogP) is 6.45. The number of rotatable bonds is 3. The number of halogens is 6. The van der Waals surface area contributed by atoms with Crippen molar-refractivity contribution in [1.29, 1.82) is 0 Å². The van der Waals surface area contributed by atoms with Crippen molar-refractivity contribution >= 4 is 39.1 Å².